The molecule has 174 valence electrons. The van der Waals surface area contributed by atoms with E-state index in [9.17, 15) is 18.8 Å². The minimum atomic E-state index is -0.897. The lowest BCUT2D eigenvalue weighted by atomic mass is 10.2. The van der Waals surface area contributed by atoms with Crippen LogP contribution in [-0.2, 0) is 16.0 Å². The number of fused-ring (bicyclic) bond motifs is 2. The third-order valence-corrected chi connectivity index (χ3v) is 5.12. The van der Waals surface area contributed by atoms with Gasteiger partial charge in [0.05, 0.1) is 24.2 Å². The zero-order valence-electron chi connectivity index (χ0n) is 18.5. The Hall–Kier alpha value is -4.18. The highest BCUT2D eigenvalue weighted by molar-refractivity contribution is 5.97. The summed E-state index contributed by atoms with van der Waals surface area (Å²) in [7, 11) is 1.48. The van der Waals surface area contributed by atoms with Gasteiger partial charge in [-0.25, -0.2) is 14.2 Å². The first-order chi connectivity index (χ1) is 16.5. The van der Waals surface area contributed by atoms with Crippen LogP contribution in [0.2, 0.25) is 0 Å². The van der Waals surface area contributed by atoms with Gasteiger partial charge in [-0.05, 0) is 37.3 Å². The van der Waals surface area contributed by atoms with Crippen molar-refractivity contribution in [1.29, 1.82) is 0 Å². The van der Waals surface area contributed by atoms with Crippen LogP contribution in [0.25, 0.3) is 16.7 Å². The van der Waals surface area contributed by atoms with Crippen molar-refractivity contribution in [2.45, 2.75) is 13.5 Å². The molecule has 0 aliphatic heterocycles. The lowest BCUT2D eigenvalue weighted by Crippen LogP contribution is -2.33. The zero-order chi connectivity index (χ0) is 24.2. The van der Waals surface area contributed by atoms with Gasteiger partial charge in [0.25, 0.3) is 11.5 Å². The maximum atomic E-state index is 14.3. The molecule has 4 rings (SSSR count). The molecular weight excluding hydrogens is 443 g/mol. The van der Waals surface area contributed by atoms with Crippen LogP contribution in [0.15, 0.2) is 64.5 Å². The van der Waals surface area contributed by atoms with E-state index >= 15 is 0 Å². The van der Waals surface area contributed by atoms with Crippen molar-refractivity contribution < 1.29 is 23.5 Å². The summed E-state index contributed by atoms with van der Waals surface area (Å²) in [6.45, 7) is 1.96. The highest BCUT2D eigenvalue weighted by atomic mass is 19.1. The molecule has 0 saturated carbocycles. The number of pyridine rings is 2. The van der Waals surface area contributed by atoms with E-state index in [1.54, 1.807) is 31.3 Å². The van der Waals surface area contributed by atoms with Gasteiger partial charge in [-0.3, -0.25) is 14.0 Å². The van der Waals surface area contributed by atoms with Crippen LogP contribution in [-0.4, -0.2) is 46.2 Å². The van der Waals surface area contributed by atoms with Crippen molar-refractivity contribution in [1.82, 2.24) is 14.0 Å². The molecule has 1 aromatic carbocycles. The van der Waals surface area contributed by atoms with Gasteiger partial charge in [-0.1, -0.05) is 18.2 Å². The molecule has 0 bridgehead atoms. The number of hydrogen-bond acceptors (Lipinski definition) is 6. The van der Waals surface area contributed by atoms with Crippen molar-refractivity contribution in [3.8, 4) is 0 Å². The first-order valence-electron chi connectivity index (χ1n) is 10.5. The van der Waals surface area contributed by atoms with Crippen molar-refractivity contribution in [3.05, 3.63) is 87.5 Å². The number of ether oxygens (including phenoxy) is 2. The number of halogens is 1. The summed E-state index contributed by atoms with van der Waals surface area (Å²) in [6, 6.07) is 11.8. The molecule has 3 aromatic heterocycles. The van der Waals surface area contributed by atoms with Gasteiger partial charge in [0.1, 0.15) is 22.7 Å². The van der Waals surface area contributed by atoms with Crippen LogP contribution in [0.5, 0.6) is 0 Å². The van der Waals surface area contributed by atoms with E-state index in [-0.39, 0.29) is 47.4 Å². The fraction of sp³-hybridized carbons (Fsp3) is 0.208. The van der Waals surface area contributed by atoms with Crippen LogP contribution in [0.1, 0.15) is 27.6 Å². The molecular formula is C24H21FN4O5. The van der Waals surface area contributed by atoms with Gasteiger partial charge < -0.3 is 14.0 Å². The lowest BCUT2D eigenvalue weighted by Gasteiger charge is -2.15. The van der Waals surface area contributed by atoms with E-state index < -0.39 is 23.3 Å². The quantitative estimate of drug-likeness (QED) is 0.321. The maximum absolute atomic E-state index is 14.3. The van der Waals surface area contributed by atoms with Gasteiger partial charge in [0, 0.05) is 19.9 Å². The number of rotatable bonds is 6. The number of esters is 1. The van der Waals surface area contributed by atoms with Crippen molar-refractivity contribution in [3.63, 3.8) is 0 Å². The molecule has 0 aliphatic carbocycles. The fourth-order valence-corrected chi connectivity index (χ4v) is 3.54. The van der Waals surface area contributed by atoms with Crippen LogP contribution in [0.4, 0.5) is 4.39 Å². The Bertz CT molecular complexity index is 1540. The normalized spacial score (nSPS) is 11.8. The number of nitrogens with zero attached hydrogens (tertiary/aromatic N) is 4. The third-order valence-electron chi connectivity index (χ3n) is 5.12. The molecule has 1 amide bonds. The van der Waals surface area contributed by atoms with Crippen molar-refractivity contribution in [2.75, 3.05) is 20.3 Å². The van der Waals surface area contributed by atoms with Gasteiger partial charge >= 0.3 is 5.97 Å². The zero-order valence-corrected chi connectivity index (χ0v) is 18.5. The van der Waals surface area contributed by atoms with Crippen molar-refractivity contribution >= 4 is 28.6 Å². The molecule has 0 aliphatic rings. The molecule has 9 nitrogen and oxygen atoms in total. The number of amides is 1. The number of carbonyl (C=O) groups is 2. The van der Waals surface area contributed by atoms with E-state index in [1.807, 2.05) is 0 Å². The van der Waals surface area contributed by atoms with Crippen molar-refractivity contribution in [2.24, 2.45) is 4.99 Å². The smallest absolute Gasteiger partial charge is 0.341 e. The summed E-state index contributed by atoms with van der Waals surface area (Å²) in [5.41, 5.74) is -0.345. The van der Waals surface area contributed by atoms with Gasteiger partial charge in [-0.15, -0.1) is 0 Å². The molecule has 4 aromatic rings. The predicted molar refractivity (Wildman–Crippen MR) is 121 cm³/mol. The minimum absolute atomic E-state index is 0.0601. The van der Waals surface area contributed by atoms with E-state index in [1.165, 1.54) is 40.3 Å². The van der Waals surface area contributed by atoms with Crippen LogP contribution >= 0.6 is 0 Å². The Kier molecular flexibility index (Phi) is 6.60. The molecule has 0 N–H and O–H groups in total. The van der Waals surface area contributed by atoms with Crippen LogP contribution < -0.4 is 11.0 Å². The molecule has 0 atom stereocenters. The lowest BCUT2D eigenvalue weighted by molar-refractivity contribution is 0.0523. The molecule has 3 heterocycles. The summed E-state index contributed by atoms with van der Waals surface area (Å²) in [5, 5.41) is 0.125. The number of hydrogen-bond donors (Lipinski definition) is 0. The van der Waals surface area contributed by atoms with Gasteiger partial charge in [0.15, 0.2) is 5.49 Å². The topological polar surface area (TPSA) is 104 Å². The Morgan fingerprint density at radius 3 is 2.62 bits per heavy atom. The number of methoxy groups -OCH3 is 1. The Balaban J connectivity index is 2.13. The van der Waals surface area contributed by atoms with Crippen LogP contribution in [0, 0.1) is 5.82 Å². The minimum Gasteiger partial charge on any atom is -0.462 e. The van der Waals surface area contributed by atoms with E-state index in [4.69, 9.17) is 9.47 Å². The molecule has 0 unspecified atom stereocenters. The summed E-state index contributed by atoms with van der Waals surface area (Å²) >= 11 is 0. The van der Waals surface area contributed by atoms with Crippen LogP contribution in [0.3, 0.4) is 0 Å². The average molecular weight is 464 g/mol. The standard InChI is InChI=1S/C24H21FN4O5/c1-3-34-24(32)17-14-16-20(26-19-10-6-7-11-28(19)23(16)31)29(12-13-33-2)21(17)27-22(30)15-8-4-5-9-18(15)25/h4-11,14H,3,12-13H2,1-2H3. The highest BCUT2D eigenvalue weighted by Crippen LogP contribution is 2.13. The third kappa shape index (κ3) is 4.23. The first kappa shape index (κ1) is 23.0. The monoisotopic (exact) mass is 464 g/mol. The maximum Gasteiger partial charge on any atom is 0.341 e. The van der Waals surface area contributed by atoms with E-state index in [0.717, 1.165) is 6.07 Å². The Labute approximate surface area is 192 Å². The molecule has 34 heavy (non-hydrogen) atoms. The number of aromatic nitrogens is 3. The Morgan fingerprint density at radius 1 is 1.12 bits per heavy atom. The highest BCUT2D eigenvalue weighted by Gasteiger charge is 2.21. The second-order valence-electron chi connectivity index (χ2n) is 7.23. The van der Waals surface area contributed by atoms with Gasteiger partial charge in [-0.2, -0.15) is 4.99 Å². The fourth-order valence-electron chi connectivity index (χ4n) is 3.54. The van der Waals surface area contributed by atoms with E-state index in [0.29, 0.717) is 5.65 Å². The number of carbonyl (C=O) groups excluding carboxylic acids is 2. The SMILES string of the molecule is CCOC(=O)c1cc2c(=O)n3ccccc3nc2n(CCOC)c1=NC(=O)c1ccccc1F. The Morgan fingerprint density at radius 2 is 1.88 bits per heavy atom. The summed E-state index contributed by atoms with van der Waals surface area (Å²) < 4.78 is 27.4. The largest absolute Gasteiger partial charge is 0.462 e. The second-order valence-corrected chi connectivity index (χ2v) is 7.23. The summed E-state index contributed by atoms with van der Waals surface area (Å²) in [6.07, 6.45) is 1.56. The molecule has 0 saturated heterocycles. The predicted octanol–water partition coefficient (Wildman–Crippen LogP) is 2.35. The number of benzene rings is 1. The molecule has 10 heteroatoms. The van der Waals surface area contributed by atoms with Gasteiger partial charge in [0.2, 0.25) is 0 Å². The second kappa shape index (κ2) is 9.75. The molecule has 0 spiro atoms. The molecule has 0 radical (unpaired) electrons. The summed E-state index contributed by atoms with van der Waals surface area (Å²) in [5.74, 6) is -2.43. The average Bonchev–Trinajstić information content (AvgIpc) is 2.83. The first-order valence-corrected chi connectivity index (χ1v) is 10.5. The van der Waals surface area contributed by atoms with E-state index in [2.05, 4.69) is 9.98 Å². The molecule has 0 fully saturated rings. The summed E-state index contributed by atoms with van der Waals surface area (Å²) in [4.78, 5) is 47.7.